The maximum atomic E-state index is 9.39. The summed E-state index contributed by atoms with van der Waals surface area (Å²) in [5.74, 6) is 0.836. The van der Waals surface area contributed by atoms with Crippen LogP contribution < -0.4 is 4.74 Å². The van der Waals surface area contributed by atoms with E-state index in [1.165, 1.54) is 0 Å². The zero-order valence-electron chi connectivity index (χ0n) is 7.50. The Balaban J connectivity index is 2.81. The standard InChI is InChI=1S/C10H14O2/c1-3-7-12-10-8(2)5-4-6-9(10)11/h4-6,11H,3,7H2,1-2H3. The molecule has 0 bridgehead atoms. The molecule has 0 saturated heterocycles. The summed E-state index contributed by atoms with van der Waals surface area (Å²) >= 11 is 0. The molecule has 1 N–H and O–H groups in total. The van der Waals surface area contributed by atoms with E-state index < -0.39 is 0 Å². The molecule has 0 atom stereocenters. The molecule has 2 heteroatoms. The van der Waals surface area contributed by atoms with E-state index >= 15 is 0 Å². The van der Waals surface area contributed by atoms with Gasteiger partial charge in [0.1, 0.15) is 0 Å². The SMILES string of the molecule is CCCOc1c(C)cccc1O. The Bertz CT molecular complexity index is 236. The fourth-order valence-electron chi connectivity index (χ4n) is 1.03. The normalized spacial score (nSPS) is 9.83. The van der Waals surface area contributed by atoms with Gasteiger partial charge in [0, 0.05) is 0 Å². The summed E-state index contributed by atoms with van der Waals surface area (Å²) in [4.78, 5) is 0. The zero-order valence-corrected chi connectivity index (χ0v) is 7.50. The van der Waals surface area contributed by atoms with Crippen LogP contribution in [0, 0.1) is 6.92 Å². The Kier molecular flexibility index (Phi) is 2.97. The average Bonchev–Trinajstić information content (AvgIpc) is 2.04. The van der Waals surface area contributed by atoms with Gasteiger partial charge < -0.3 is 9.84 Å². The van der Waals surface area contributed by atoms with Crippen molar-refractivity contribution in [3.05, 3.63) is 23.8 Å². The second-order valence-electron chi connectivity index (χ2n) is 2.77. The van der Waals surface area contributed by atoms with Gasteiger partial charge in [-0.3, -0.25) is 0 Å². The summed E-state index contributed by atoms with van der Waals surface area (Å²) in [6, 6.07) is 5.37. The highest BCUT2D eigenvalue weighted by Crippen LogP contribution is 2.28. The quantitative estimate of drug-likeness (QED) is 0.747. The number of rotatable bonds is 3. The molecule has 0 aliphatic rings. The van der Waals surface area contributed by atoms with Crippen molar-refractivity contribution in [1.82, 2.24) is 0 Å². The van der Waals surface area contributed by atoms with Gasteiger partial charge in [-0.1, -0.05) is 19.1 Å². The predicted molar refractivity (Wildman–Crippen MR) is 48.6 cm³/mol. The number of ether oxygens (including phenoxy) is 1. The monoisotopic (exact) mass is 166 g/mol. The first kappa shape index (κ1) is 8.91. The molecule has 0 saturated carbocycles. The molecule has 0 amide bonds. The third-order valence-corrected chi connectivity index (χ3v) is 1.64. The number of hydrogen-bond acceptors (Lipinski definition) is 2. The molecular weight excluding hydrogens is 152 g/mol. The van der Waals surface area contributed by atoms with E-state index in [0.29, 0.717) is 12.4 Å². The lowest BCUT2D eigenvalue weighted by Crippen LogP contribution is -1.96. The highest BCUT2D eigenvalue weighted by molar-refractivity contribution is 5.44. The minimum Gasteiger partial charge on any atom is -0.504 e. The molecule has 0 radical (unpaired) electrons. The van der Waals surface area contributed by atoms with E-state index in [-0.39, 0.29) is 5.75 Å². The van der Waals surface area contributed by atoms with Gasteiger partial charge in [-0.05, 0) is 25.0 Å². The van der Waals surface area contributed by atoms with Gasteiger partial charge in [-0.2, -0.15) is 0 Å². The van der Waals surface area contributed by atoms with Crippen molar-refractivity contribution in [1.29, 1.82) is 0 Å². The van der Waals surface area contributed by atoms with Gasteiger partial charge in [-0.25, -0.2) is 0 Å². The Hall–Kier alpha value is -1.18. The number of aryl methyl sites for hydroxylation is 1. The number of benzene rings is 1. The molecule has 66 valence electrons. The van der Waals surface area contributed by atoms with Crippen molar-refractivity contribution in [2.24, 2.45) is 0 Å². The third-order valence-electron chi connectivity index (χ3n) is 1.64. The minimum atomic E-state index is 0.225. The first-order valence-corrected chi connectivity index (χ1v) is 4.17. The Morgan fingerprint density at radius 3 is 2.75 bits per heavy atom. The van der Waals surface area contributed by atoms with E-state index in [9.17, 15) is 5.11 Å². The number of phenolic OH excluding ortho intramolecular Hbond substituents is 1. The van der Waals surface area contributed by atoms with Gasteiger partial charge in [0.25, 0.3) is 0 Å². The average molecular weight is 166 g/mol. The molecule has 0 aliphatic carbocycles. The van der Waals surface area contributed by atoms with Gasteiger partial charge in [0.2, 0.25) is 0 Å². The van der Waals surface area contributed by atoms with Crippen LogP contribution in [-0.2, 0) is 0 Å². The number of para-hydroxylation sites is 1. The van der Waals surface area contributed by atoms with Crippen LogP contribution in [0.4, 0.5) is 0 Å². The molecule has 1 aromatic carbocycles. The molecule has 2 nitrogen and oxygen atoms in total. The first-order valence-electron chi connectivity index (χ1n) is 4.17. The molecule has 0 heterocycles. The van der Waals surface area contributed by atoms with Gasteiger partial charge in [0.15, 0.2) is 11.5 Å². The summed E-state index contributed by atoms with van der Waals surface area (Å²) in [6.07, 6.45) is 0.952. The molecule has 0 unspecified atom stereocenters. The molecule has 0 fully saturated rings. The van der Waals surface area contributed by atoms with Crippen LogP contribution >= 0.6 is 0 Å². The van der Waals surface area contributed by atoms with E-state index in [2.05, 4.69) is 0 Å². The van der Waals surface area contributed by atoms with Crippen LogP contribution in [0.25, 0.3) is 0 Å². The second kappa shape index (κ2) is 4.00. The van der Waals surface area contributed by atoms with Crippen LogP contribution in [-0.4, -0.2) is 11.7 Å². The van der Waals surface area contributed by atoms with Crippen molar-refractivity contribution in [2.45, 2.75) is 20.3 Å². The van der Waals surface area contributed by atoms with Crippen molar-refractivity contribution in [2.75, 3.05) is 6.61 Å². The third kappa shape index (κ3) is 1.91. The fraction of sp³-hybridized carbons (Fsp3) is 0.400. The van der Waals surface area contributed by atoms with Crippen molar-refractivity contribution in [3.63, 3.8) is 0 Å². The second-order valence-corrected chi connectivity index (χ2v) is 2.77. The zero-order chi connectivity index (χ0) is 8.97. The number of aromatic hydroxyl groups is 1. The van der Waals surface area contributed by atoms with Crippen LogP contribution in [0.15, 0.2) is 18.2 Å². The molecule has 1 rings (SSSR count). The Morgan fingerprint density at radius 2 is 2.17 bits per heavy atom. The lowest BCUT2D eigenvalue weighted by molar-refractivity contribution is 0.297. The molecule has 0 aliphatic heterocycles. The summed E-state index contributed by atoms with van der Waals surface area (Å²) in [6.45, 7) is 4.61. The maximum absolute atomic E-state index is 9.39. The lowest BCUT2D eigenvalue weighted by atomic mass is 10.2. The lowest BCUT2D eigenvalue weighted by Gasteiger charge is -2.08. The molecule has 12 heavy (non-hydrogen) atoms. The topological polar surface area (TPSA) is 29.5 Å². The van der Waals surface area contributed by atoms with E-state index in [1.54, 1.807) is 6.07 Å². The highest BCUT2D eigenvalue weighted by Gasteiger charge is 2.03. The van der Waals surface area contributed by atoms with Crippen LogP contribution in [0.2, 0.25) is 0 Å². The molecule has 0 spiro atoms. The van der Waals surface area contributed by atoms with Gasteiger partial charge in [-0.15, -0.1) is 0 Å². The molecular formula is C10H14O2. The highest BCUT2D eigenvalue weighted by atomic mass is 16.5. The summed E-state index contributed by atoms with van der Waals surface area (Å²) in [5.41, 5.74) is 0.975. The van der Waals surface area contributed by atoms with E-state index in [4.69, 9.17) is 4.74 Å². The Labute approximate surface area is 72.8 Å². The van der Waals surface area contributed by atoms with Crippen molar-refractivity contribution >= 4 is 0 Å². The van der Waals surface area contributed by atoms with E-state index in [0.717, 1.165) is 12.0 Å². The number of hydrogen-bond donors (Lipinski definition) is 1. The molecule has 1 aromatic rings. The Morgan fingerprint density at radius 1 is 1.42 bits per heavy atom. The van der Waals surface area contributed by atoms with Crippen LogP contribution in [0.1, 0.15) is 18.9 Å². The smallest absolute Gasteiger partial charge is 0.163 e. The summed E-state index contributed by atoms with van der Waals surface area (Å²) in [5, 5.41) is 9.39. The maximum Gasteiger partial charge on any atom is 0.163 e. The largest absolute Gasteiger partial charge is 0.504 e. The summed E-state index contributed by atoms with van der Waals surface area (Å²) in [7, 11) is 0. The predicted octanol–water partition coefficient (Wildman–Crippen LogP) is 2.49. The van der Waals surface area contributed by atoms with Gasteiger partial charge in [0.05, 0.1) is 6.61 Å². The van der Waals surface area contributed by atoms with Crippen LogP contribution in [0.3, 0.4) is 0 Å². The summed E-state index contributed by atoms with van der Waals surface area (Å²) < 4.78 is 5.37. The van der Waals surface area contributed by atoms with Crippen molar-refractivity contribution < 1.29 is 9.84 Å². The molecule has 0 aromatic heterocycles. The first-order chi connectivity index (χ1) is 5.75. The fourth-order valence-corrected chi connectivity index (χ4v) is 1.03. The van der Waals surface area contributed by atoms with Gasteiger partial charge >= 0.3 is 0 Å². The minimum absolute atomic E-state index is 0.225. The van der Waals surface area contributed by atoms with Crippen molar-refractivity contribution in [3.8, 4) is 11.5 Å². The van der Waals surface area contributed by atoms with E-state index in [1.807, 2.05) is 26.0 Å². The van der Waals surface area contributed by atoms with Crippen LogP contribution in [0.5, 0.6) is 11.5 Å². The number of phenols is 1.